The van der Waals surface area contributed by atoms with Crippen LogP contribution in [0.1, 0.15) is 0 Å². The van der Waals surface area contributed by atoms with Crippen molar-refractivity contribution in [2.45, 2.75) is 6.54 Å². The van der Waals surface area contributed by atoms with E-state index in [2.05, 4.69) is 15.0 Å². The molecule has 54 valence electrons. The van der Waals surface area contributed by atoms with Crippen LogP contribution in [0.3, 0.4) is 0 Å². The van der Waals surface area contributed by atoms with Crippen LogP contribution in [-0.4, -0.2) is 23.1 Å². The molecule has 2 rings (SSSR count). The van der Waals surface area contributed by atoms with E-state index in [0.717, 1.165) is 19.0 Å². The molecule has 1 aromatic rings. The third-order valence-corrected chi connectivity index (χ3v) is 1.70. The molecule has 4 nitrogen and oxygen atoms in total. The average Bonchev–Trinajstić information content (AvgIpc) is 2.36. The fourth-order valence-electron chi connectivity index (χ4n) is 1.18. The Balaban J connectivity index is 2.41. The molecule has 0 saturated heterocycles. The van der Waals surface area contributed by atoms with Crippen LogP contribution in [0, 0.1) is 0 Å². The van der Waals surface area contributed by atoms with Crippen LogP contribution in [0.15, 0.2) is 12.4 Å². The van der Waals surface area contributed by atoms with Crippen LogP contribution >= 0.6 is 0 Å². The van der Waals surface area contributed by atoms with E-state index >= 15 is 0 Å². The Labute approximate surface area is 59.4 Å². The van der Waals surface area contributed by atoms with Gasteiger partial charge in [-0.1, -0.05) is 0 Å². The minimum Gasteiger partial charge on any atom is -0.315 e. The molecule has 4 heteroatoms. The summed E-state index contributed by atoms with van der Waals surface area (Å²) in [6.45, 7) is 2.00. The van der Waals surface area contributed by atoms with Gasteiger partial charge in [-0.05, 0) is 0 Å². The first-order valence-electron chi connectivity index (χ1n) is 3.36. The minimum atomic E-state index is 0.986. The molecule has 0 aromatic carbocycles. The Morgan fingerprint density at radius 2 is 2.60 bits per heavy atom. The lowest BCUT2D eigenvalue weighted by atomic mass is 10.6. The number of imidazole rings is 1. The van der Waals surface area contributed by atoms with E-state index in [-0.39, 0.29) is 0 Å². The van der Waals surface area contributed by atoms with Gasteiger partial charge in [0.25, 0.3) is 0 Å². The maximum absolute atomic E-state index is 4.16. The van der Waals surface area contributed by atoms with Gasteiger partial charge in [-0.3, -0.25) is 5.01 Å². The molecule has 0 fully saturated rings. The minimum absolute atomic E-state index is 0.986. The Morgan fingerprint density at radius 3 is 3.40 bits per heavy atom. The summed E-state index contributed by atoms with van der Waals surface area (Å²) >= 11 is 0. The Hall–Kier alpha value is -1.03. The Kier molecular flexibility index (Phi) is 1.14. The molecule has 0 spiro atoms. The van der Waals surface area contributed by atoms with Gasteiger partial charge in [0.05, 0.1) is 0 Å². The molecule has 0 amide bonds. The highest BCUT2D eigenvalue weighted by Crippen LogP contribution is 2.09. The van der Waals surface area contributed by atoms with Crippen molar-refractivity contribution in [3.8, 4) is 0 Å². The molecule has 0 saturated carbocycles. The molecule has 0 bridgehead atoms. The van der Waals surface area contributed by atoms with Crippen LogP contribution in [0.5, 0.6) is 0 Å². The summed E-state index contributed by atoms with van der Waals surface area (Å²) in [5.41, 5.74) is 3.17. The third-order valence-electron chi connectivity index (χ3n) is 1.70. The van der Waals surface area contributed by atoms with Gasteiger partial charge in [0, 0.05) is 32.5 Å². The number of rotatable bonds is 0. The Bertz CT molecular complexity index is 229. The first-order chi connectivity index (χ1) is 4.88. The van der Waals surface area contributed by atoms with Crippen molar-refractivity contribution in [1.29, 1.82) is 0 Å². The van der Waals surface area contributed by atoms with E-state index in [0.29, 0.717) is 0 Å². The number of hydrazine groups is 1. The topological polar surface area (TPSA) is 33.1 Å². The summed E-state index contributed by atoms with van der Waals surface area (Å²) in [6, 6.07) is 0. The smallest absolute Gasteiger partial charge is 0.219 e. The van der Waals surface area contributed by atoms with Crippen LogP contribution < -0.4 is 10.4 Å². The van der Waals surface area contributed by atoms with Crippen LogP contribution in [-0.2, 0) is 6.54 Å². The molecule has 0 unspecified atom stereocenters. The fourth-order valence-corrected chi connectivity index (χ4v) is 1.18. The quantitative estimate of drug-likeness (QED) is 0.540. The van der Waals surface area contributed by atoms with E-state index in [4.69, 9.17) is 0 Å². The predicted molar refractivity (Wildman–Crippen MR) is 38.6 cm³/mol. The predicted octanol–water partition coefficient (Wildman–Crippen LogP) is -0.163. The van der Waals surface area contributed by atoms with E-state index in [1.54, 1.807) is 0 Å². The average molecular weight is 138 g/mol. The molecule has 0 radical (unpaired) electrons. The molecule has 1 N–H and O–H groups in total. The van der Waals surface area contributed by atoms with Crippen LogP contribution in [0.25, 0.3) is 0 Å². The van der Waals surface area contributed by atoms with Crippen molar-refractivity contribution >= 4 is 5.95 Å². The molecule has 10 heavy (non-hydrogen) atoms. The normalized spacial score (nSPS) is 17.1. The summed E-state index contributed by atoms with van der Waals surface area (Å²) in [5, 5.41) is 1.93. The van der Waals surface area contributed by atoms with Gasteiger partial charge in [-0.15, -0.1) is 0 Å². The lowest BCUT2D eigenvalue weighted by molar-refractivity contribution is 0.525. The monoisotopic (exact) mass is 138 g/mol. The summed E-state index contributed by atoms with van der Waals surface area (Å²) in [5.74, 6) is 0.992. The lowest BCUT2D eigenvalue weighted by Crippen LogP contribution is -2.42. The molecule has 2 heterocycles. The number of aromatic nitrogens is 2. The number of nitrogens with one attached hydrogen (secondary N) is 1. The highest BCUT2D eigenvalue weighted by atomic mass is 15.6. The first-order valence-corrected chi connectivity index (χ1v) is 3.36. The molecular formula is C6H10N4. The van der Waals surface area contributed by atoms with E-state index < -0.39 is 0 Å². The zero-order valence-corrected chi connectivity index (χ0v) is 5.91. The molecule has 1 aliphatic rings. The lowest BCUT2D eigenvalue weighted by Gasteiger charge is -2.25. The SMILES string of the molecule is CN1NCCn2ccnc21. The van der Waals surface area contributed by atoms with Gasteiger partial charge in [0.1, 0.15) is 0 Å². The van der Waals surface area contributed by atoms with Gasteiger partial charge in [-0.2, -0.15) is 0 Å². The van der Waals surface area contributed by atoms with Crippen molar-refractivity contribution in [3.05, 3.63) is 12.4 Å². The van der Waals surface area contributed by atoms with Gasteiger partial charge in [0.15, 0.2) is 0 Å². The molecule has 1 aromatic heterocycles. The second-order valence-electron chi connectivity index (χ2n) is 2.39. The molecule has 1 aliphatic heterocycles. The van der Waals surface area contributed by atoms with Crippen LogP contribution in [0.4, 0.5) is 5.95 Å². The molecule has 0 aliphatic carbocycles. The number of anilines is 1. The maximum atomic E-state index is 4.16. The summed E-state index contributed by atoms with van der Waals surface area (Å²) in [4.78, 5) is 4.16. The van der Waals surface area contributed by atoms with Crippen molar-refractivity contribution in [3.63, 3.8) is 0 Å². The molecule has 0 atom stereocenters. The van der Waals surface area contributed by atoms with Crippen molar-refractivity contribution in [2.24, 2.45) is 0 Å². The van der Waals surface area contributed by atoms with Crippen molar-refractivity contribution in [1.82, 2.24) is 15.0 Å². The maximum Gasteiger partial charge on any atom is 0.219 e. The summed E-state index contributed by atoms with van der Waals surface area (Å²) < 4.78 is 2.12. The van der Waals surface area contributed by atoms with Gasteiger partial charge < -0.3 is 4.57 Å². The third kappa shape index (κ3) is 0.690. The largest absolute Gasteiger partial charge is 0.315 e. The number of hydrogen-bond acceptors (Lipinski definition) is 3. The van der Waals surface area contributed by atoms with E-state index in [1.807, 2.05) is 24.5 Å². The first kappa shape index (κ1) is 5.73. The van der Waals surface area contributed by atoms with Gasteiger partial charge in [-0.25, -0.2) is 10.4 Å². The van der Waals surface area contributed by atoms with Crippen molar-refractivity contribution < 1.29 is 0 Å². The van der Waals surface area contributed by atoms with E-state index in [1.165, 1.54) is 0 Å². The van der Waals surface area contributed by atoms with E-state index in [9.17, 15) is 0 Å². The fraction of sp³-hybridized carbons (Fsp3) is 0.500. The highest BCUT2D eigenvalue weighted by Gasteiger charge is 2.11. The highest BCUT2D eigenvalue weighted by molar-refractivity contribution is 5.29. The zero-order valence-electron chi connectivity index (χ0n) is 5.91. The standard InChI is InChI=1S/C6H10N4/c1-9-6-7-2-4-10(6)5-3-8-9/h2,4,8H,3,5H2,1H3. The summed E-state index contributed by atoms with van der Waals surface area (Å²) in [7, 11) is 1.97. The van der Waals surface area contributed by atoms with Gasteiger partial charge >= 0.3 is 0 Å². The second-order valence-corrected chi connectivity index (χ2v) is 2.39. The summed E-state index contributed by atoms with van der Waals surface area (Å²) in [6.07, 6.45) is 3.81. The van der Waals surface area contributed by atoms with Crippen LogP contribution in [0.2, 0.25) is 0 Å². The zero-order chi connectivity index (χ0) is 6.97. The Morgan fingerprint density at radius 1 is 1.70 bits per heavy atom. The number of hydrogen-bond donors (Lipinski definition) is 1. The number of nitrogens with zero attached hydrogens (tertiary/aromatic N) is 3. The van der Waals surface area contributed by atoms with Gasteiger partial charge in [0.2, 0.25) is 5.95 Å². The van der Waals surface area contributed by atoms with Crippen molar-refractivity contribution in [2.75, 3.05) is 18.6 Å². The second kappa shape index (κ2) is 1.98. The molecular weight excluding hydrogens is 128 g/mol. The number of fused-ring (bicyclic) bond motifs is 1.